The second kappa shape index (κ2) is 11.2. The molecular formula is C30H41N3S. The summed E-state index contributed by atoms with van der Waals surface area (Å²) in [6.45, 7) is 6.93. The van der Waals surface area contributed by atoms with Gasteiger partial charge in [0.15, 0.2) is 0 Å². The van der Waals surface area contributed by atoms with Crippen LogP contribution in [0.1, 0.15) is 82.0 Å². The minimum absolute atomic E-state index is 0.425. The van der Waals surface area contributed by atoms with Crippen molar-refractivity contribution in [3.63, 3.8) is 0 Å². The average Bonchev–Trinajstić information content (AvgIpc) is 3.52. The fourth-order valence-corrected chi connectivity index (χ4v) is 7.65. The van der Waals surface area contributed by atoms with Crippen LogP contribution in [-0.2, 0) is 0 Å². The fourth-order valence-electron chi connectivity index (χ4n) is 5.96. The Labute approximate surface area is 211 Å². The highest BCUT2D eigenvalue weighted by Gasteiger charge is 2.39. The SMILES string of the molecule is CC(C)[C@H](CN1C=CN(N2[C@H](c3ccccc3)CC[C@H]2c2ccccc2)C1)SC1CCCCC1. The Morgan fingerprint density at radius 1 is 0.765 bits per heavy atom. The van der Waals surface area contributed by atoms with E-state index in [1.54, 1.807) is 0 Å². The van der Waals surface area contributed by atoms with E-state index in [1.807, 2.05) is 0 Å². The summed E-state index contributed by atoms with van der Waals surface area (Å²) in [6.07, 6.45) is 14.2. The summed E-state index contributed by atoms with van der Waals surface area (Å²) in [6, 6.07) is 23.1. The minimum Gasteiger partial charge on any atom is -0.356 e. The second-order valence-electron chi connectivity index (χ2n) is 10.6. The molecule has 2 aromatic carbocycles. The summed E-state index contributed by atoms with van der Waals surface area (Å²) < 4.78 is 0. The standard InChI is InChI=1S/C30H41N3S/c1-24(2)30(34-27-16-10-5-11-17-27)22-31-20-21-32(23-31)33-28(25-12-6-3-7-13-25)18-19-29(33)26-14-8-4-9-15-26/h3-4,6-9,12-15,20-21,24,27-30H,5,10-11,16-19,22-23H2,1-2H3/t28-,29-,30-/m0/s1. The highest BCUT2D eigenvalue weighted by Crippen LogP contribution is 2.45. The summed E-state index contributed by atoms with van der Waals surface area (Å²) in [7, 11) is 0. The predicted molar refractivity (Wildman–Crippen MR) is 145 cm³/mol. The predicted octanol–water partition coefficient (Wildman–Crippen LogP) is 7.62. The molecule has 1 saturated heterocycles. The first-order valence-electron chi connectivity index (χ1n) is 13.4. The van der Waals surface area contributed by atoms with Crippen LogP contribution in [-0.4, -0.2) is 38.6 Å². The van der Waals surface area contributed by atoms with E-state index in [2.05, 4.69) is 114 Å². The third-order valence-electron chi connectivity index (χ3n) is 7.87. The van der Waals surface area contributed by atoms with Crippen LogP contribution in [0.15, 0.2) is 73.1 Å². The molecule has 2 heterocycles. The fraction of sp³-hybridized carbons (Fsp3) is 0.533. The molecule has 3 nitrogen and oxygen atoms in total. The molecule has 0 aromatic heterocycles. The number of hydrazine groups is 1. The number of hydrogen-bond donors (Lipinski definition) is 0. The molecule has 3 aliphatic rings. The highest BCUT2D eigenvalue weighted by atomic mass is 32.2. The molecule has 0 spiro atoms. The Morgan fingerprint density at radius 2 is 1.35 bits per heavy atom. The molecule has 2 aliphatic heterocycles. The third-order valence-corrected chi connectivity index (χ3v) is 9.77. The normalized spacial score (nSPS) is 24.9. The lowest BCUT2D eigenvalue weighted by atomic mass is 10.0. The van der Waals surface area contributed by atoms with Crippen LogP contribution in [0.3, 0.4) is 0 Å². The molecule has 3 atom stereocenters. The van der Waals surface area contributed by atoms with Gasteiger partial charge in [-0.15, -0.1) is 0 Å². The van der Waals surface area contributed by atoms with Crippen molar-refractivity contribution < 1.29 is 0 Å². The van der Waals surface area contributed by atoms with Crippen molar-refractivity contribution in [2.45, 2.75) is 81.4 Å². The lowest BCUT2D eigenvalue weighted by Gasteiger charge is -2.39. The molecule has 1 saturated carbocycles. The Morgan fingerprint density at radius 3 is 1.91 bits per heavy atom. The molecule has 5 rings (SSSR count). The van der Waals surface area contributed by atoms with Gasteiger partial charge in [-0.25, -0.2) is 5.01 Å². The van der Waals surface area contributed by atoms with Crippen molar-refractivity contribution in [1.29, 1.82) is 0 Å². The Hall–Kier alpha value is -1.91. The Balaban J connectivity index is 1.30. The zero-order valence-corrected chi connectivity index (χ0v) is 21.7. The summed E-state index contributed by atoms with van der Waals surface area (Å²) in [5.74, 6) is 0.704. The van der Waals surface area contributed by atoms with Crippen molar-refractivity contribution in [2.24, 2.45) is 5.92 Å². The topological polar surface area (TPSA) is 9.72 Å². The van der Waals surface area contributed by atoms with Gasteiger partial charge in [-0.1, -0.05) is 93.8 Å². The highest BCUT2D eigenvalue weighted by molar-refractivity contribution is 8.00. The second-order valence-corrected chi connectivity index (χ2v) is 12.2. The number of benzene rings is 2. The van der Waals surface area contributed by atoms with Crippen LogP contribution in [0.2, 0.25) is 0 Å². The van der Waals surface area contributed by atoms with Crippen LogP contribution >= 0.6 is 11.8 Å². The summed E-state index contributed by atoms with van der Waals surface area (Å²) in [4.78, 5) is 2.56. The van der Waals surface area contributed by atoms with Crippen LogP contribution in [0.25, 0.3) is 0 Å². The van der Waals surface area contributed by atoms with Crippen molar-refractivity contribution >= 4 is 11.8 Å². The number of hydrogen-bond acceptors (Lipinski definition) is 4. The molecule has 0 unspecified atom stereocenters. The maximum absolute atomic E-state index is 2.67. The van der Waals surface area contributed by atoms with E-state index >= 15 is 0 Å². The van der Waals surface area contributed by atoms with Crippen LogP contribution in [0.5, 0.6) is 0 Å². The van der Waals surface area contributed by atoms with Crippen molar-refractivity contribution in [1.82, 2.24) is 14.9 Å². The lowest BCUT2D eigenvalue weighted by molar-refractivity contribution is -0.0418. The molecule has 1 aliphatic carbocycles. The molecule has 2 aromatic rings. The van der Waals surface area contributed by atoms with Gasteiger partial charge in [-0.05, 0) is 42.7 Å². The third kappa shape index (κ3) is 5.49. The van der Waals surface area contributed by atoms with Gasteiger partial charge in [0.2, 0.25) is 0 Å². The number of nitrogens with zero attached hydrogens (tertiary/aromatic N) is 3. The first-order valence-corrected chi connectivity index (χ1v) is 14.4. The zero-order chi connectivity index (χ0) is 23.3. The van der Waals surface area contributed by atoms with E-state index in [4.69, 9.17) is 0 Å². The largest absolute Gasteiger partial charge is 0.356 e. The van der Waals surface area contributed by atoms with Crippen LogP contribution in [0.4, 0.5) is 0 Å². The maximum atomic E-state index is 2.67. The van der Waals surface area contributed by atoms with Crippen LogP contribution in [0, 0.1) is 5.92 Å². The Kier molecular flexibility index (Phi) is 7.86. The van der Waals surface area contributed by atoms with E-state index in [9.17, 15) is 0 Å². The van der Waals surface area contributed by atoms with Gasteiger partial charge in [-0.2, -0.15) is 11.8 Å². The van der Waals surface area contributed by atoms with E-state index in [-0.39, 0.29) is 0 Å². The van der Waals surface area contributed by atoms with Gasteiger partial charge >= 0.3 is 0 Å². The number of rotatable bonds is 8. The Bertz CT molecular complexity index is 862. The van der Waals surface area contributed by atoms with Gasteiger partial charge in [0, 0.05) is 29.4 Å². The van der Waals surface area contributed by atoms with Crippen molar-refractivity contribution in [3.8, 4) is 0 Å². The molecule has 182 valence electrons. The van der Waals surface area contributed by atoms with Crippen molar-refractivity contribution in [2.75, 3.05) is 13.2 Å². The number of thioether (sulfide) groups is 1. The quantitative estimate of drug-likeness (QED) is 0.388. The molecule has 0 N–H and O–H groups in total. The van der Waals surface area contributed by atoms with Gasteiger partial charge in [-0.3, -0.25) is 5.01 Å². The smallest absolute Gasteiger partial charge is 0.104 e. The molecule has 0 amide bonds. The maximum Gasteiger partial charge on any atom is 0.104 e. The molecule has 34 heavy (non-hydrogen) atoms. The first-order chi connectivity index (χ1) is 16.7. The molecule has 4 heteroatoms. The molecular weight excluding hydrogens is 434 g/mol. The monoisotopic (exact) mass is 475 g/mol. The van der Waals surface area contributed by atoms with E-state index in [1.165, 1.54) is 56.1 Å². The summed E-state index contributed by atoms with van der Waals surface area (Å²) in [5.41, 5.74) is 2.86. The van der Waals surface area contributed by atoms with Gasteiger partial charge < -0.3 is 4.90 Å². The van der Waals surface area contributed by atoms with Gasteiger partial charge in [0.05, 0.1) is 12.1 Å². The minimum atomic E-state index is 0.425. The molecule has 0 radical (unpaired) electrons. The average molecular weight is 476 g/mol. The van der Waals surface area contributed by atoms with Crippen LogP contribution < -0.4 is 0 Å². The lowest BCUT2D eigenvalue weighted by Crippen LogP contribution is -2.43. The first kappa shape index (κ1) is 23.8. The van der Waals surface area contributed by atoms with E-state index < -0.39 is 0 Å². The molecule has 0 bridgehead atoms. The zero-order valence-electron chi connectivity index (χ0n) is 20.9. The van der Waals surface area contributed by atoms with Gasteiger partial charge in [0.25, 0.3) is 0 Å². The van der Waals surface area contributed by atoms with Crippen molar-refractivity contribution in [3.05, 3.63) is 84.2 Å². The van der Waals surface area contributed by atoms with E-state index in [0.29, 0.717) is 23.3 Å². The molecule has 2 fully saturated rings. The van der Waals surface area contributed by atoms with Gasteiger partial charge in [0.1, 0.15) is 6.67 Å². The summed E-state index contributed by atoms with van der Waals surface area (Å²) in [5, 5.41) is 6.73. The summed E-state index contributed by atoms with van der Waals surface area (Å²) >= 11 is 2.28. The van der Waals surface area contributed by atoms with E-state index in [0.717, 1.165) is 18.5 Å².